The number of carbonyl (C=O) groups excluding carboxylic acids is 2. The first-order valence-corrected chi connectivity index (χ1v) is 6.34. The number of rotatable bonds is 6. The second kappa shape index (κ2) is 6.93. The Morgan fingerprint density at radius 2 is 1.55 bits per heavy atom. The predicted octanol–water partition coefficient (Wildman–Crippen LogP) is 2.47. The predicted molar refractivity (Wildman–Crippen MR) is 74.3 cm³/mol. The number of carbonyl (C=O) groups is 2. The minimum atomic E-state index is -0.863. The molecular weight excluding hydrogens is 260 g/mol. The van der Waals surface area contributed by atoms with Crippen LogP contribution in [0, 0.1) is 5.92 Å². The van der Waals surface area contributed by atoms with Crippen molar-refractivity contribution >= 4 is 11.8 Å². The van der Waals surface area contributed by atoms with Gasteiger partial charge in [0.15, 0.2) is 6.10 Å². The van der Waals surface area contributed by atoms with Crippen molar-refractivity contribution in [3.63, 3.8) is 0 Å². The van der Waals surface area contributed by atoms with Crippen molar-refractivity contribution < 1.29 is 23.8 Å². The summed E-state index contributed by atoms with van der Waals surface area (Å²) in [4.78, 5) is 23.8. The lowest BCUT2D eigenvalue weighted by Gasteiger charge is -2.21. The lowest BCUT2D eigenvalue weighted by molar-refractivity contribution is -0.146. The highest BCUT2D eigenvalue weighted by Crippen LogP contribution is 2.31. The molecule has 0 bridgehead atoms. The lowest BCUT2D eigenvalue weighted by atomic mass is 9.96. The molecule has 0 amide bonds. The largest absolute Gasteiger partial charge is 0.496 e. The van der Waals surface area contributed by atoms with Gasteiger partial charge in [-0.1, -0.05) is 19.9 Å². The van der Waals surface area contributed by atoms with Crippen LogP contribution in [0.1, 0.15) is 31.1 Å². The Balaban J connectivity index is 3.26. The van der Waals surface area contributed by atoms with E-state index in [0.29, 0.717) is 11.5 Å². The van der Waals surface area contributed by atoms with Gasteiger partial charge in [-0.3, -0.25) is 9.59 Å². The van der Waals surface area contributed by atoms with E-state index >= 15 is 0 Å². The molecule has 1 atom stereocenters. The Kier molecular flexibility index (Phi) is 5.55. The van der Waals surface area contributed by atoms with Gasteiger partial charge in [0, 0.05) is 6.92 Å². The summed E-state index contributed by atoms with van der Waals surface area (Å²) in [7, 11) is 2.95. The highest BCUT2D eigenvalue weighted by Gasteiger charge is 2.31. The maximum Gasteiger partial charge on any atom is 0.303 e. The molecule has 5 heteroatoms. The van der Waals surface area contributed by atoms with Crippen LogP contribution in [-0.4, -0.2) is 32.1 Å². The first-order chi connectivity index (χ1) is 9.42. The Morgan fingerprint density at radius 1 is 1.05 bits per heavy atom. The lowest BCUT2D eigenvalue weighted by Crippen LogP contribution is -2.32. The molecule has 0 spiro atoms. The molecule has 1 aromatic carbocycles. The maximum absolute atomic E-state index is 12.6. The molecule has 0 saturated carbocycles. The molecule has 0 aromatic heterocycles. The maximum atomic E-state index is 12.6. The van der Waals surface area contributed by atoms with E-state index in [2.05, 4.69) is 0 Å². The number of ether oxygens (including phenoxy) is 3. The van der Waals surface area contributed by atoms with Gasteiger partial charge in [0.2, 0.25) is 5.78 Å². The zero-order valence-electron chi connectivity index (χ0n) is 12.4. The summed E-state index contributed by atoms with van der Waals surface area (Å²) in [6.45, 7) is 4.91. The van der Waals surface area contributed by atoms with Crippen molar-refractivity contribution in [3.05, 3.63) is 23.8 Å². The molecule has 1 unspecified atom stereocenters. The Labute approximate surface area is 118 Å². The monoisotopic (exact) mass is 280 g/mol. The van der Waals surface area contributed by atoms with E-state index in [4.69, 9.17) is 14.2 Å². The van der Waals surface area contributed by atoms with Crippen molar-refractivity contribution in [2.24, 2.45) is 5.92 Å². The summed E-state index contributed by atoms with van der Waals surface area (Å²) in [5.74, 6) is -0.185. The van der Waals surface area contributed by atoms with Crippen molar-refractivity contribution in [2.45, 2.75) is 26.9 Å². The molecule has 0 aliphatic rings. The normalized spacial score (nSPS) is 11.9. The number of ketones is 1. The molecule has 20 heavy (non-hydrogen) atoms. The fraction of sp³-hybridized carbons (Fsp3) is 0.467. The topological polar surface area (TPSA) is 61.8 Å². The van der Waals surface area contributed by atoms with Crippen LogP contribution in [-0.2, 0) is 9.53 Å². The number of methoxy groups -OCH3 is 2. The minimum Gasteiger partial charge on any atom is -0.496 e. The van der Waals surface area contributed by atoms with E-state index in [1.807, 2.05) is 13.8 Å². The molecule has 0 N–H and O–H groups in total. The van der Waals surface area contributed by atoms with Crippen molar-refractivity contribution in [1.82, 2.24) is 0 Å². The summed E-state index contributed by atoms with van der Waals surface area (Å²) < 4.78 is 15.5. The SMILES string of the molecule is COc1cccc(OC)c1C(=O)C(OC(C)=O)C(C)C. The third kappa shape index (κ3) is 3.50. The van der Waals surface area contributed by atoms with Gasteiger partial charge in [0.1, 0.15) is 17.1 Å². The van der Waals surface area contributed by atoms with Crippen LogP contribution in [0.2, 0.25) is 0 Å². The third-order valence-corrected chi connectivity index (χ3v) is 2.83. The number of esters is 1. The van der Waals surface area contributed by atoms with Gasteiger partial charge in [-0.15, -0.1) is 0 Å². The van der Waals surface area contributed by atoms with Crippen LogP contribution in [0.3, 0.4) is 0 Å². The zero-order valence-corrected chi connectivity index (χ0v) is 12.4. The number of hydrogen-bond acceptors (Lipinski definition) is 5. The van der Waals surface area contributed by atoms with E-state index in [9.17, 15) is 9.59 Å². The van der Waals surface area contributed by atoms with Gasteiger partial charge >= 0.3 is 5.97 Å². The molecule has 1 aromatic rings. The second-order valence-corrected chi connectivity index (χ2v) is 4.68. The van der Waals surface area contributed by atoms with Crippen LogP contribution >= 0.6 is 0 Å². The van der Waals surface area contributed by atoms with E-state index < -0.39 is 12.1 Å². The molecule has 0 heterocycles. The standard InChI is InChI=1S/C15H20O5/c1-9(2)15(20-10(3)16)14(17)13-11(18-4)7-6-8-12(13)19-5/h6-9,15H,1-5H3. The Hall–Kier alpha value is -2.04. The van der Waals surface area contributed by atoms with Crippen LogP contribution < -0.4 is 9.47 Å². The summed E-state index contributed by atoms with van der Waals surface area (Å²) in [5, 5.41) is 0. The Morgan fingerprint density at radius 3 is 1.90 bits per heavy atom. The van der Waals surface area contributed by atoms with Crippen LogP contribution in [0.4, 0.5) is 0 Å². The third-order valence-electron chi connectivity index (χ3n) is 2.83. The molecule has 0 radical (unpaired) electrons. The average Bonchev–Trinajstić information content (AvgIpc) is 2.42. The fourth-order valence-corrected chi connectivity index (χ4v) is 1.91. The first-order valence-electron chi connectivity index (χ1n) is 6.34. The van der Waals surface area contributed by atoms with Gasteiger partial charge in [0.05, 0.1) is 14.2 Å². The highest BCUT2D eigenvalue weighted by atomic mass is 16.5. The van der Waals surface area contributed by atoms with Gasteiger partial charge < -0.3 is 14.2 Å². The molecule has 0 saturated heterocycles. The minimum absolute atomic E-state index is 0.152. The van der Waals surface area contributed by atoms with Crippen molar-refractivity contribution in [1.29, 1.82) is 0 Å². The molecular formula is C15H20O5. The second-order valence-electron chi connectivity index (χ2n) is 4.68. The summed E-state index contributed by atoms with van der Waals surface area (Å²) in [5.41, 5.74) is 0.289. The van der Waals surface area contributed by atoms with Gasteiger partial charge in [-0.05, 0) is 18.1 Å². The molecule has 110 valence electrons. The van der Waals surface area contributed by atoms with Gasteiger partial charge in [0.25, 0.3) is 0 Å². The number of hydrogen-bond donors (Lipinski definition) is 0. The summed E-state index contributed by atoms with van der Waals surface area (Å²) in [6.07, 6.45) is -0.863. The molecule has 0 fully saturated rings. The summed E-state index contributed by atoms with van der Waals surface area (Å²) in [6, 6.07) is 5.06. The van der Waals surface area contributed by atoms with Crippen molar-refractivity contribution in [2.75, 3.05) is 14.2 Å². The van der Waals surface area contributed by atoms with E-state index in [1.54, 1.807) is 18.2 Å². The first kappa shape index (κ1) is 16.0. The van der Waals surface area contributed by atoms with E-state index in [0.717, 1.165) is 0 Å². The quantitative estimate of drug-likeness (QED) is 0.591. The number of benzene rings is 1. The Bertz CT molecular complexity index is 471. The van der Waals surface area contributed by atoms with Crippen LogP contribution in [0.5, 0.6) is 11.5 Å². The van der Waals surface area contributed by atoms with Gasteiger partial charge in [-0.2, -0.15) is 0 Å². The van der Waals surface area contributed by atoms with Crippen LogP contribution in [0.15, 0.2) is 18.2 Å². The highest BCUT2D eigenvalue weighted by molar-refractivity contribution is 6.05. The van der Waals surface area contributed by atoms with E-state index in [1.165, 1.54) is 21.1 Å². The smallest absolute Gasteiger partial charge is 0.303 e. The van der Waals surface area contributed by atoms with E-state index in [-0.39, 0.29) is 17.3 Å². The zero-order chi connectivity index (χ0) is 15.3. The molecule has 0 aliphatic carbocycles. The van der Waals surface area contributed by atoms with Gasteiger partial charge in [-0.25, -0.2) is 0 Å². The summed E-state index contributed by atoms with van der Waals surface area (Å²) >= 11 is 0. The fourth-order valence-electron chi connectivity index (χ4n) is 1.91. The molecule has 5 nitrogen and oxygen atoms in total. The molecule has 0 aliphatic heterocycles. The number of Topliss-reactive ketones (excluding diaryl/α,β-unsaturated/α-hetero) is 1. The molecule has 1 rings (SSSR count). The average molecular weight is 280 g/mol. The van der Waals surface area contributed by atoms with Crippen molar-refractivity contribution in [3.8, 4) is 11.5 Å². The van der Waals surface area contributed by atoms with Crippen LogP contribution in [0.25, 0.3) is 0 Å².